The highest BCUT2D eigenvalue weighted by molar-refractivity contribution is 5.62. The van der Waals surface area contributed by atoms with Crippen molar-refractivity contribution in [1.29, 1.82) is 0 Å². The highest BCUT2D eigenvalue weighted by Crippen LogP contribution is 2.26. The molecule has 4 aromatic rings. The second-order valence-electron chi connectivity index (χ2n) is 7.05. The van der Waals surface area contributed by atoms with Crippen LogP contribution in [0, 0.1) is 11.6 Å². The van der Waals surface area contributed by atoms with Crippen molar-refractivity contribution in [3.63, 3.8) is 0 Å². The molecule has 0 saturated heterocycles. The van der Waals surface area contributed by atoms with Crippen LogP contribution < -0.4 is 4.74 Å². The zero-order valence-corrected chi connectivity index (χ0v) is 17.0. The first-order valence-corrected chi connectivity index (χ1v) is 9.53. The van der Waals surface area contributed by atoms with Gasteiger partial charge in [-0.1, -0.05) is 23.4 Å². The zero-order valence-electron chi connectivity index (χ0n) is 17.0. The van der Waals surface area contributed by atoms with Crippen LogP contribution in [0.3, 0.4) is 0 Å². The molecule has 10 heteroatoms. The Bertz CT molecular complexity index is 1160. The van der Waals surface area contributed by atoms with Crippen LogP contribution in [-0.4, -0.2) is 57.1 Å². The predicted octanol–water partition coefficient (Wildman–Crippen LogP) is 3.26. The Morgan fingerprint density at radius 3 is 2.68 bits per heavy atom. The van der Waals surface area contributed by atoms with Gasteiger partial charge < -0.3 is 14.2 Å². The lowest BCUT2D eigenvalue weighted by atomic mass is 10.2. The normalized spacial score (nSPS) is 11.3. The molecule has 0 radical (unpaired) electrons. The third kappa shape index (κ3) is 4.75. The third-order valence-corrected chi connectivity index (χ3v) is 4.48. The number of ether oxygens (including phenoxy) is 1. The van der Waals surface area contributed by atoms with Crippen LogP contribution in [0.25, 0.3) is 22.9 Å². The molecule has 0 spiro atoms. The summed E-state index contributed by atoms with van der Waals surface area (Å²) >= 11 is 0. The van der Waals surface area contributed by atoms with Gasteiger partial charge in [0.1, 0.15) is 30.1 Å². The maximum absolute atomic E-state index is 14.2. The number of likely N-dealkylation sites (N-methyl/N-ethyl adjacent to an activating group) is 1. The molecule has 8 nitrogen and oxygen atoms in total. The van der Waals surface area contributed by atoms with E-state index in [1.54, 1.807) is 35.0 Å². The Morgan fingerprint density at radius 1 is 1.10 bits per heavy atom. The topological polar surface area (TPSA) is 82.1 Å². The maximum atomic E-state index is 14.2. The number of halogens is 2. The minimum atomic E-state index is -0.662. The highest BCUT2D eigenvalue weighted by Gasteiger charge is 2.18. The number of hydrogen-bond donors (Lipinski definition) is 0. The number of aromatic nitrogens is 5. The van der Waals surface area contributed by atoms with Gasteiger partial charge in [0.05, 0.1) is 18.4 Å². The molecule has 31 heavy (non-hydrogen) atoms. The van der Waals surface area contributed by atoms with Crippen LogP contribution in [0.1, 0.15) is 5.56 Å². The van der Waals surface area contributed by atoms with Crippen molar-refractivity contribution in [3.05, 3.63) is 66.1 Å². The summed E-state index contributed by atoms with van der Waals surface area (Å²) in [7, 11) is 3.78. The largest absolute Gasteiger partial charge is 0.474 e. The average Bonchev–Trinajstić information content (AvgIpc) is 3.41. The number of hydrogen-bond acceptors (Lipinski definition) is 7. The van der Waals surface area contributed by atoms with Crippen molar-refractivity contribution in [2.24, 2.45) is 0 Å². The van der Waals surface area contributed by atoms with E-state index in [-0.39, 0.29) is 30.7 Å². The van der Waals surface area contributed by atoms with E-state index in [0.29, 0.717) is 29.2 Å². The van der Waals surface area contributed by atoms with Gasteiger partial charge in [0.25, 0.3) is 5.88 Å². The van der Waals surface area contributed by atoms with Gasteiger partial charge in [0, 0.05) is 18.2 Å². The zero-order chi connectivity index (χ0) is 21.8. The molecule has 0 aliphatic carbocycles. The molecule has 3 aromatic heterocycles. The minimum absolute atomic E-state index is 0.154. The minimum Gasteiger partial charge on any atom is -0.474 e. The van der Waals surface area contributed by atoms with Gasteiger partial charge in [-0.3, -0.25) is 4.68 Å². The van der Waals surface area contributed by atoms with E-state index in [4.69, 9.17) is 9.26 Å². The number of rotatable bonds is 8. The lowest BCUT2D eigenvalue weighted by Gasteiger charge is -2.11. The van der Waals surface area contributed by atoms with E-state index >= 15 is 0 Å². The first kappa shape index (κ1) is 20.6. The molecule has 1 aromatic carbocycles. The second-order valence-corrected chi connectivity index (χ2v) is 7.05. The van der Waals surface area contributed by atoms with Gasteiger partial charge in [-0.05, 0) is 26.2 Å². The Morgan fingerprint density at radius 2 is 1.94 bits per heavy atom. The Labute approximate surface area is 177 Å². The van der Waals surface area contributed by atoms with Crippen LogP contribution in [0.5, 0.6) is 5.88 Å². The summed E-state index contributed by atoms with van der Waals surface area (Å²) in [5.74, 6) is -0.984. The summed E-state index contributed by atoms with van der Waals surface area (Å²) in [5, 5.41) is 8.46. The molecule has 0 aliphatic heterocycles. The summed E-state index contributed by atoms with van der Waals surface area (Å²) < 4.78 is 40.3. The van der Waals surface area contributed by atoms with Gasteiger partial charge in [-0.25, -0.2) is 9.37 Å². The summed E-state index contributed by atoms with van der Waals surface area (Å²) in [5.41, 5.74) is 1.91. The van der Waals surface area contributed by atoms with E-state index in [0.717, 1.165) is 6.20 Å². The van der Waals surface area contributed by atoms with Gasteiger partial charge in [0.2, 0.25) is 5.82 Å². The summed E-state index contributed by atoms with van der Waals surface area (Å²) in [6.07, 6.45) is 2.47. The van der Waals surface area contributed by atoms with Crippen molar-refractivity contribution >= 4 is 0 Å². The first-order valence-electron chi connectivity index (χ1n) is 9.53. The van der Waals surface area contributed by atoms with E-state index in [2.05, 4.69) is 20.2 Å². The van der Waals surface area contributed by atoms with Crippen molar-refractivity contribution in [1.82, 2.24) is 29.8 Å². The van der Waals surface area contributed by atoms with Crippen molar-refractivity contribution in [2.45, 2.75) is 6.54 Å². The lowest BCUT2D eigenvalue weighted by Crippen LogP contribution is -2.20. The Kier molecular flexibility index (Phi) is 5.99. The van der Waals surface area contributed by atoms with Gasteiger partial charge in [-0.2, -0.15) is 14.5 Å². The van der Waals surface area contributed by atoms with Crippen molar-refractivity contribution in [3.8, 4) is 28.8 Å². The van der Waals surface area contributed by atoms with E-state index < -0.39 is 5.82 Å². The molecule has 0 unspecified atom stereocenters. The van der Waals surface area contributed by atoms with E-state index in [9.17, 15) is 8.78 Å². The SMILES string of the molecule is CN(C)CCOc1nc(-c2cc(-c3ccon3)n(Cc3ccccc3F)n2)ncc1F. The molecule has 0 amide bonds. The molecule has 160 valence electrons. The maximum Gasteiger partial charge on any atom is 0.254 e. The van der Waals surface area contributed by atoms with Crippen LogP contribution in [0.15, 0.2) is 53.4 Å². The molecular formula is C21H20F2N6O2. The first-order chi connectivity index (χ1) is 15.0. The molecule has 4 rings (SSSR count). The molecule has 0 fully saturated rings. The average molecular weight is 426 g/mol. The fraction of sp³-hybridized carbons (Fsp3) is 0.238. The molecule has 0 bridgehead atoms. The van der Waals surface area contributed by atoms with Crippen LogP contribution in [0.2, 0.25) is 0 Å². The molecule has 0 atom stereocenters. The van der Waals surface area contributed by atoms with Gasteiger partial charge in [0.15, 0.2) is 5.82 Å². The number of benzene rings is 1. The fourth-order valence-electron chi connectivity index (χ4n) is 2.89. The van der Waals surface area contributed by atoms with E-state index in [1.807, 2.05) is 19.0 Å². The van der Waals surface area contributed by atoms with Gasteiger partial charge in [-0.15, -0.1) is 0 Å². The monoisotopic (exact) mass is 426 g/mol. The van der Waals surface area contributed by atoms with Crippen molar-refractivity contribution < 1.29 is 18.0 Å². The Balaban J connectivity index is 1.68. The summed E-state index contributed by atoms with van der Waals surface area (Å²) in [6.45, 7) is 1.03. The van der Waals surface area contributed by atoms with E-state index in [1.165, 1.54) is 12.3 Å². The third-order valence-electron chi connectivity index (χ3n) is 4.48. The lowest BCUT2D eigenvalue weighted by molar-refractivity contribution is 0.243. The van der Waals surface area contributed by atoms with Crippen LogP contribution in [-0.2, 0) is 6.54 Å². The molecule has 3 heterocycles. The van der Waals surface area contributed by atoms with Crippen LogP contribution in [0.4, 0.5) is 8.78 Å². The highest BCUT2D eigenvalue weighted by atomic mass is 19.1. The van der Waals surface area contributed by atoms with Crippen LogP contribution >= 0.6 is 0 Å². The standard InChI is InChI=1S/C21H20F2N6O2/c1-28(2)8-10-30-21-16(23)12-24-20(25-21)18-11-19(17-7-9-31-27-17)29(26-18)13-14-5-3-4-6-15(14)22/h3-7,9,11-12H,8,10,13H2,1-2H3. The summed E-state index contributed by atoms with van der Waals surface area (Å²) in [6, 6.07) is 9.79. The fourth-order valence-corrected chi connectivity index (χ4v) is 2.89. The molecule has 0 aliphatic rings. The quantitative estimate of drug-likeness (QED) is 0.428. The molecule has 0 saturated carbocycles. The van der Waals surface area contributed by atoms with Crippen molar-refractivity contribution in [2.75, 3.05) is 27.2 Å². The second kappa shape index (κ2) is 9.00. The summed E-state index contributed by atoms with van der Waals surface area (Å²) in [4.78, 5) is 10.1. The predicted molar refractivity (Wildman–Crippen MR) is 108 cm³/mol. The number of nitrogens with zero attached hydrogens (tertiary/aromatic N) is 6. The smallest absolute Gasteiger partial charge is 0.254 e. The molecular weight excluding hydrogens is 406 g/mol. The van der Waals surface area contributed by atoms with Gasteiger partial charge >= 0.3 is 0 Å². The Hall–Kier alpha value is -3.66. The molecule has 0 N–H and O–H groups in total.